The van der Waals surface area contributed by atoms with Crippen molar-refractivity contribution in [2.75, 3.05) is 33.3 Å². The van der Waals surface area contributed by atoms with E-state index in [1.165, 1.54) is 13.2 Å². The van der Waals surface area contributed by atoms with Gasteiger partial charge in [-0.1, -0.05) is 6.07 Å². The van der Waals surface area contributed by atoms with Gasteiger partial charge in [-0.25, -0.2) is 4.39 Å². The first-order valence-electron chi connectivity index (χ1n) is 6.60. The number of halogens is 1. The number of carbonyl (C=O) groups is 1. The summed E-state index contributed by atoms with van der Waals surface area (Å²) in [4.78, 5) is 14.0. The van der Waals surface area contributed by atoms with Crippen molar-refractivity contribution in [1.82, 2.24) is 10.2 Å². The van der Waals surface area contributed by atoms with E-state index >= 15 is 0 Å². The van der Waals surface area contributed by atoms with Crippen LogP contribution in [0.5, 0.6) is 5.75 Å². The van der Waals surface area contributed by atoms with Crippen molar-refractivity contribution in [2.24, 2.45) is 5.73 Å². The van der Waals surface area contributed by atoms with Gasteiger partial charge in [-0.15, -0.1) is 0 Å². The van der Waals surface area contributed by atoms with Gasteiger partial charge in [0.25, 0.3) is 0 Å². The van der Waals surface area contributed by atoms with Crippen LogP contribution in [-0.2, 0) is 10.3 Å². The van der Waals surface area contributed by atoms with E-state index in [1.54, 1.807) is 19.1 Å². The predicted octanol–water partition coefficient (Wildman–Crippen LogP) is 0.440. The summed E-state index contributed by atoms with van der Waals surface area (Å²) < 4.78 is 19.5. The number of hydrogen-bond acceptors (Lipinski definition) is 4. The van der Waals surface area contributed by atoms with Gasteiger partial charge in [0.1, 0.15) is 17.1 Å². The van der Waals surface area contributed by atoms with Gasteiger partial charge in [0.2, 0.25) is 5.91 Å². The van der Waals surface area contributed by atoms with E-state index in [0.29, 0.717) is 18.8 Å². The number of rotatable bonds is 4. The third kappa shape index (κ3) is 2.36. The van der Waals surface area contributed by atoms with Crippen molar-refractivity contribution >= 4 is 5.91 Å². The molecule has 1 unspecified atom stereocenters. The highest BCUT2D eigenvalue weighted by atomic mass is 19.1. The number of nitrogens with one attached hydrogen (secondary N) is 1. The summed E-state index contributed by atoms with van der Waals surface area (Å²) in [5.74, 6) is -0.725. The van der Waals surface area contributed by atoms with Crippen LogP contribution in [0.3, 0.4) is 0 Å². The molecule has 0 aromatic heterocycles. The molecule has 1 aromatic carbocycles. The number of methoxy groups -OCH3 is 1. The zero-order valence-corrected chi connectivity index (χ0v) is 11.8. The Kier molecular flexibility index (Phi) is 4.25. The highest BCUT2D eigenvalue weighted by Gasteiger charge is 2.44. The van der Waals surface area contributed by atoms with Gasteiger partial charge in [-0.3, -0.25) is 9.69 Å². The minimum absolute atomic E-state index is 0.205. The van der Waals surface area contributed by atoms with Gasteiger partial charge < -0.3 is 15.8 Å². The van der Waals surface area contributed by atoms with Crippen LogP contribution < -0.4 is 15.8 Å². The number of piperazine rings is 1. The molecule has 6 heteroatoms. The fourth-order valence-corrected chi connectivity index (χ4v) is 2.70. The predicted molar refractivity (Wildman–Crippen MR) is 73.9 cm³/mol. The first-order valence-corrected chi connectivity index (χ1v) is 6.60. The molecule has 1 aromatic rings. The normalized spacial score (nSPS) is 19.4. The molecular weight excluding hydrogens is 261 g/mol. The standard InChI is InChI=1S/C14H20FN3O2/c1-14(13(16)19,18-8-6-17-7-9-18)12-10(15)4-3-5-11(12)20-2/h3-5,17H,6-9H2,1-2H3,(H2,16,19). The molecular formula is C14H20FN3O2. The Morgan fingerprint density at radius 3 is 2.65 bits per heavy atom. The number of benzene rings is 1. The van der Waals surface area contributed by atoms with E-state index in [-0.39, 0.29) is 5.56 Å². The third-order valence-corrected chi connectivity index (χ3v) is 3.91. The summed E-state index contributed by atoms with van der Waals surface area (Å²) in [5.41, 5.74) is 4.59. The number of amides is 1. The fourth-order valence-electron chi connectivity index (χ4n) is 2.70. The number of nitrogens with zero attached hydrogens (tertiary/aromatic N) is 1. The van der Waals surface area contributed by atoms with Gasteiger partial charge in [0, 0.05) is 26.2 Å². The van der Waals surface area contributed by atoms with Crippen LogP contribution in [-0.4, -0.2) is 44.1 Å². The zero-order valence-electron chi connectivity index (χ0n) is 11.8. The minimum Gasteiger partial charge on any atom is -0.496 e. The van der Waals surface area contributed by atoms with Crippen LogP contribution in [0.2, 0.25) is 0 Å². The topological polar surface area (TPSA) is 67.6 Å². The van der Waals surface area contributed by atoms with Crippen molar-refractivity contribution in [1.29, 1.82) is 0 Å². The Morgan fingerprint density at radius 2 is 2.10 bits per heavy atom. The molecule has 3 N–H and O–H groups in total. The molecule has 1 amide bonds. The van der Waals surface area contributed by atoms with Crippen LogP contribution in [0, 0.1) is 5.82 Å². The van der Waals surface area contributed by atoms with Crippen molar-refractivity contribution in [3.05, 3.63) is 29.6 Å². The lowest BCUT2D eigenvalue weighted by Crippen LogP contribution is -2.59. The molecule has 1 atom stereocenters. The number of carbonyl (C=O) groups excluding carboxylic acids is 1. The number of hydrogen-bond donors (Lipinski definition) is 2. The number of ether oxygens (including phenoxy) is 1. The van der Waals surface area contributed by atoms with Gasteiger partial charge in [0.05, 0.1) is 12.7 Å². The molecule has 5 nitrogen and oxygen atoms in total. The Bertz CT molecular complexity index is 503. The van der Waals surface area contributed by atoms with Gasteiger partial charge in [-0.2, -0.15) is 0 Å². The Hall–Kier alpha value is -1.66. The summed E-state index contributed by atoms with van der Waals surface area (Å²) in [6.07, 6.45) is 0. The van der Waals surface area contributed by atoms with Gasteiger partial charge in [0.15, 0.2) is 0 Å². The third-order valence-electron chi connectivity index (χ3n) is 3.91. The molecule has 20 heavy (non-hydrogen) atoms. The monoisotopic (exact) mass is 281 g/mol. The van der Waals surface area contributed by atoms with Crippen molar-refractivity contribution in [3.8, 4) is 5.75 Å². The van der Waals surface area contributed by atoms with E-state index in [1.807, 2.05) is 4.90 Å². The summed E-state index contributed by atoms with van der Waals surface area (Å²) in [5, 5.41) is 3.20. The Balaban J connectivity index is 2.55. The van der Waals surface area contributed by atoms with Crippen molar-refractivity contribution < 1.29 is 13.9 Å². The maximum Gasteiger partial charge on any atom is 0.242 e. The maximum absolute atomic E-state index is 14.3. The lowest BCUT2D eigenvalue weighted by atomic mass is 9.87. The smallest absolute Gasteiger partial charge is 0.242 e. The SMILES string of the molecule is COc1cccc(F)c1C(C)(C(N)=O)N1CCNCC1. The van der Waals surface area contributed by atoms with Crippen molar-refractivity contribution in [3.63, 3.8) is 0 Å². The molecule has 1 saturated heterocycles. The second-order valence-electron chi connectivity index (χ2n) is 4.99. The van der Waals surface area contributed by atoms with Crippen molar-refractivity contribution in [2.45, 2.75) is 12.5 Å². The molecule has 0 saturated carbocycles. The number of primary amides is 1. The maximum atomic E-state index is 14.3. The lowest BCUT2D eigenvalue weighted by Gasteiger charge is -2.42. The molecule has 0 aliphatic carbocycles. The van der Waals surface area contributed by atoms with Crippen LogP contribution in [0.4, 0.5) is 4.39 Å². The molecule has 1 heterocycles. The zero-order chi connectivity index (χ0) is 14.8. The molecule has 0 spiro atoms. The van der Waals surface area contributed by atoms with Crippen LogP contribution in [0.1, 0.15) is 12.5 Å². The second-order valence-corrected chi connectivity index (χ2v) is 4.99. The highest BCUT2D eigenvalue weighted by molar-refractivity contribution is 5.86. The average molecular weight is 281 g/mol. The summed E-state index contributed by atoms with van der Waals surface area (Å²) in [6.45, 7) is 4.37. The first kappa shape index (κ1) is 14.7. The van der Waals surface area contributed by atoms with E-state index in [4.69, 9.17) is 10.5 Å². The van der Waals surface area contributed by atoms with Gasteiger partial charge in [-0.05, 0) is 19.1 Å². The molecule has 1 aliphatic rings. The van der Waals surface area contributed by atoms with E-state index < -0.39 is 17.3 Å². The van der Waals surface area contributed by atoms with Crippen LogP contribution in [0.25, 0.3) is 0 Å². The highest BCUT2D eigenvalue weighted by Crippen LogP contribution is 2.36. The minimum atomic E-state index is -1.22. The van der Waals surface area contributed by atoms with E-state index in [9.17, 15) is 9.18 Å². The quantitative estimate of drug-likeness (QED) is 0.840. The Morgan fingerprint density at radius 1 is 1.45 bits per heavy atom. The first-order chi connectivity index (χ1) is 9.51. The average Bonchev–Trinajstić information content (AvgIpc) is 2.46. The molecule has 1 fully saturated rings. The lowest BCUT2D eigenvalue weighted by molar-refractivity contribution is -0.130. The second kappa shape index (κ2) is 5.76. The van der Waals surface area contributed by atoms with E-state index in [2.05, 4.69) is 5.32 Å². The summed E-state index contributed by atoms with van der Waals surface area (Å²) in [6, 6.07) is 4.51. The summed E-state index contributed by atoms with van der Waals surface area (Å²) in [7, 11) is 1.46. The largest absolute Gasteiger partial charge is 0.496 e. The van der Waals surface area contributed by atoms with Crippen LogP contribution in [0.15, 0.2) is 18.2 Å². The van der Waals surface area contributed by atoms with Gasteiger partial charge >= 0.3 is 0 Å². The molecule has 0 bridgehead atoms. The molecule has 110 valence electrons. The fraction of sp³-hybridized carbons (Fsp3) is 0.500. The molecule has 1 aliphatic heterocycles. The van der Waals surface area contributed by atoms with Crippen LogP contribution >= 0.6 is 0 Å². The summed E-state index contributed by atoms with van der Waals surface area (Å²) >= 11 is 0. The Labute approximate surface area is 117 Å². The number of nitrogens with two attached hydrogens (primary N) is 1. The molecule has 2 rings (SSSR count). The molecule has 0 radical (unpaired) electrons. The van der Waals surface area contributed by atoms with E-state index in [0.717, 1.165) is 13.1 Å².